The summed E-state index contributed by atoms with van der Waals surface area (Å²) in [6.45, 7) is 9.26. The minimum absolute atomic E-state index is 0.0607. The maximum absolute atomic E-state index is 12.6. The number of thioether (sulfide) groups is 4. The molecule has 2 atom stereocenters. The third kappa shape index (κ3) is 3.34. The molecule has 2 spiro atoms. The van der Waals surface area contributed by atoms with Crippen LogP contribution in [0.5, 0.6) is 0 Å². The first kappa shape index (κ1) is 20.6. The van der Waals surface area contributed by atoms with Gasteiger partial charge in [-0.3, -0.25) is 4.79 Å². The van der Waals surface area contributed by atoms with Gasteiger partial charge in [-0.05, 0) is 62.2 Å². The smallest absolute Gasteiger partial charge is 0.312 e. The molecule has 0 unspecified atom stereocenters. The SMILES string of the molecule is CCOC(=O)[C@@H](C)C1=CC2=C(C)C3(CC[C@]2(C)CC12SCCS2)SCCS3. The van der Waals surface area contributed by atoms with E-state index in [1.807, 2.05) is 6.92 Å². The van der Waals surface area contributed by atoms with Crippen LogP contribution in [0, 0.1) is 11.3 Å². The van der Waals surface area contributed by atoms with Gasteiger partial charge in [0.1, 0.15) is 0 Å². The van der Waals surface area contributed by atoms with Gasteiger partial charge in [0.25, 0.3) is 0 Å². The molecule has 27 heavy (non-hydrogen) atoms. The van der Waals surface area contributed by atoms with Gasteiger partial charge in [-0.15, -0.1) is 47.0 Å². The van der Waals surface area contributed by atoms with Crippen molar-refractivity contribution in [1.29, 1.82) is 0 Å². The van der Waals surface area contributed by atoms with Gasteiger partial charge in [0, 0.05) is 23.0 Å². The second kappa shape index (κ2) is 7.55. The molecule has 0 aromatic heterocycles. The van der Waals surface area contributed by atoms with Gasteiger partial charge in [0.05, 0.1) is 20.7 Å². The normalized spacial score (nSPS) is 32.5. The van der Waals surface area contributed by atoms with E-state index in [1.54, 1.807) is 5.57 Å². The van der Waals surface area contributed by atoms with Crippen LogP contribution < -0.4 is 0 Å². The lowest BCUT2D eigenvalue weighted by atomic mass is 9.63. The fourth-order valence-corrected chi connectivity index (χ4v) is 12.3. The zero-order chi connectivity index (χ0) is 19.3. The molecule has 2 aliphatic carbocycles. The Bertz CT molecular complexity index is 686. The largest absolute Gasteiger partial charge is 0.466 e. The molecule has 2 aliphatic heterocycles. The molecule has 2 heterocycles. The van der Waals surface area contributed by atoms with Crippen LogP contribution >= 0.6 is 47.0 Å². The molecule has 2 saturated heterocycles. The molecule has 2 nitrogen and oxygen atoms in total. The first-order chi connectivity index (χ1) is 12.9. The second-order valence-corrected chi connectivity index (χ2v) is 14.3. The summed E-state index contributed by atoms with van der Waals surface area (Å²) in [6.07, 6.45) is 6.16. The molecule has 4 rings (SSSR count). The molecule has 0 N–H and O–H groups in total. The van der Waals surface area contributed by atoms with E-state index in [1.165, 1.54) is 47.0 Å². The highest BCUT2D eigenvalue weighted by Crippen LogP contribution is 2.67. The monoisotopic (exact) mass is 442 g/mol. The van der Waals surface area contributed by atoms with Crippen molar-refractivity contribution in [1.82, 2.24) is 0 Å². The van der Waals surface area contributed by atoms with Gasteiger partial charge < -0.3 is 4.74 Å². The van der Waals surface area contributed by atoms with E-state index in [9.17, 15) is 4.79 Å². The number of ether oxygens (including phenoxy) is 1. The highest BCUT2D eigenvalue weighted by atomic mass is 32.2. The van der Waals surface area contributed by atoms with Crippen molar-refractivity contribution in [3.8, 4) is 0 Å². The number of rotatable bonds is 3. The lowest BCUT2D eigenvalue weighted by Gasteiger charge is -2.51. The summed E-state index contributed by atoms with van der Waals surface area (Å²) in [5.74, 6) is 4.67. The van der Waals surface area contributed by atoms with Crippen LogP contribution in [0.1, 0.15) is 47.0 Å². The Kier molecular flexibility index (Phi) is 5.77. The van der Waals surface area contributed by atoms with Crippen LogP contribution in [-0.4, -0.2) is 43.7 Å². The molecule has 0 bridgehead atoms. The predicted octanol–water partition coefficient (Wildman–Crippen LogP) is 5.98. The maximum atomic E-state index is 12.6. The van der Waals surface area contributed by atoms with Crippen LogP contribution in [0.2, 0.25) is 0 Å². The van der Waals surface area contributed by atoms with E-state index in [-0.39, 0.29) is 25.5 Å². The van der Waals surface area contributed by atoms with Crippen LogP contribution in [-0.2, 0) is 9.53 Å². The number of carbonyl (C=O) groups is 1. The van der Waals surface area contributed by atoms with Crippen molar-refractivity contribution in [2.75, 3.05) is 29.6 Å². The van der Waals surface area contributed by atoms with Crippen LogP contribution in [0.3, 0.4) is 0 Å². The Morgan fingerprint density at radius 3 is 2.30 bits per heavy atom. The molecular weight excluding hydrogens is 412 g/mol. The van der Waals surface area contributed by atoms with Gasteiger partial charge in [0.15, 0.2) is 0 Å². The van der Waals surface area contributed by atoms with E-state index in [0.29, 0.717) is 6.61 Å². The van der Waals surface area contributed by atoms with Crippen molar-refractivity contribution in [3.63, 3.8) is 0 Å². The molecule has 0 saturated carbocycles. The predicted molar refractivity (Wildman–Crippen MR) is 124 cm³/mol. The summed E-state index contributed by atoms with van der Waals surface area (Å²) in [6, 6.07) is 0. The van der Waals surface area contributed by atoms with Gasteiger partial charge in [-0.25, -0.2) is 0 Å². The summed E-state index contributed by atoms with van der Waals surface area (Å²) >= 11 is 8.44. The summed E-state index contributed by atoms with van der Waals surface area (Å²) in [5.41, 5.74) is 4.65. The van der Waals surface area contributed by atoms with E-state index in [4.69, 9.17) is 4.74 Å². The minimum atomic E-state index is -0.158. The topological polar surface area (TPSA) is 26.3 Å². The minimum Gasteiger partial charge on any atom is -0.466 e. The summed E-state index contributed by atoms with van der Waals surface area (Å²) < 4.78 is 5.76. The van der Waals surface area contributed by atoms with E-state index < -0.39 is 0 Å². The Morgan fingerprint density at radius 1 is 1.11 bits per heavy atom. The number of hydrogen-bond acceptors (Lipinski definition) is 6. The zero-order valence-corrected chi connectivity index (χ0v) is 20.0. The van der Waals surface area contributed by atoms with E-state index >= 15 is 0 Å². The number of allylic oxidation sites excluding steroid dienone is 2. The molecule has 2 fully saturated rings. The molecule has 6 heteroatoms. The number of esters is 1. The highest BCUT2D eigenvalue weighted by Gasteiger charge is 2.55. The third-order valence-electron chi connectivity index (χ3n) is 6.61. The Balaban J connectivity index is 1.82. The number of hydrogen-bond donors (Lipinski definition) is 0. The molecule has 0 aromatic rings. The molecule has 0 aromatic carbocycles. The van der Waals surface area contributed by atoms with E-state index in [0.717, 1.165) is 6.42 Å². The molecule has 0 radical (unpaired) electrons. The maximum Gasteiger partial charge on any atom is 0.312 e. The summed E-state index contributed by atoms with van der Waals surface area (Å²) in [5, 5.41) is 0. The van der Waals surface area contributed by atoms with E-state index in [2.05, 4.69) is 73.9 Å². The first-order valence-electron chi connectivity index (χ1n) is 10.0. The summed E-state index contributed by atoms with van der Waals surface area (Å²) in [4.78, 5) is 12.6. The van der Waals surface area contributed by atoms with Gasteiger partial charge >= 0.3 is 5.97 Å². The summed E-state index contributed by atoms with van der Waals surface area (Å²) in [7, 11) is 0. The molecular formula is C21H30O2S4. The fraction of sp³-hybridized carbons (Fsp3) is 0.762. The van der Waals surface area contributed by atoms with Gasteiger partial charge in [-0.2, -0.15) is 0 Å². The standard InChI is InChI=1S/C21H30O2S4/c1-5-23-18(22)14(2)16-12-17-15(3)20(24-8-9-25-20)7-6-19(17,4)13-21(16)26-10-11-27-21/h12,14H,5-11,13H2,1-4H3/t14-,19+/m0/s1. The van der Waals surface area contributed by atoms with Crippen LogP contribution in [0.25, 0.3) is 0 Å². The molecule has 4 aliphatic rings. The van der Waals surface area contributed by atoms with Crippen molar-refractivity contribution in [2.45, 2.75) is 55.1 Å². The van der Waals surface area contributed by atoms with Crippen LogP contribution in [0.15, 0.2) is 22.8 Å². The third-order valence-corrected chi connectivity index (χ3v) is 13.8. The average Bonchev–Trinajstić information content (AvgIpc) is 3.29. The Morgan fingerprint density at radius 2 is 1.70 bits per heavy atom. The second-order valence-electron chi connectivity index (χ2n) is 8.25. The highest BCUT2D eigenvalue weighted by molar-refractivity contribution is 8.22. The zero-order valence-electron chi connectivity index (χ0n) is 16.8. The van der Waals surface area contributed by atoms with Crippen molar-refractivity contribution < 1.29 is 9.53 Å². The van der Waals surface area contributed by atoms with Crippen molar-refractivity contribution >= 4 is 53.0 Å². The quantitative estimate of drug-likeness (QED) is 0.499. The van der Waals surface area contributed by atoms with Gasteiger partial charge in [-0.1, -0.05) is 13.0 Å². The average molecular weight is 443 g/mol. The van der Waals surface area contributed by atoms with Gasteiger partial charge in [0.2, 0.25) is 0 Å². The molecule has 0 amide bonds. The first-order valence-corrected chi connectivity index (χ1v) is 14.0. The van der Waals surface area contributed by atoms with Crippen LogP contribution in [0.4, 0.5) is 0 Å². The number of carbonyl (C=O) groups excluding carboxylic acids is 1. The Hall–Kier alpha value is 0.350. The Labute approximate surface area is 180 Å². The van der Waals surface area contributed by atoms with Crippen molar-refractivity contribution in [3.05, 3.63) is 22.8 Å². The lowest BCUT2D eigenvalue weighted by Crippen LogP contribution is -2.44. The molecule has 150 valence electrons. The van der Waals surface area contributed by atoms with Crippen molar-refractivity contribution in [2.24, 2.45) is 11.3 Å². The number of fused-ring (bicyclic) bond motifs is 1. The lowest BCUT2D eigenvalue weighted by molar-refractivity contribution is -0.146. The fourth-order valence-electron chi connectivity index (χ4n) is 5.16.